The Morgan fingerprint density at radius 3 is 2.07 bits per heavy atom. The Hall–Kier alpha value is -0.860. The normalized spacial score (nSPS) is 52.8. The van der Waals surface area contributed by atoms with Gasteiger partial charge in [0.15, 0.2) is 12.6 Å². The van der Waals surface area contributed by atoms with Crippen LogP contribution in [0.5, 0.6) is 0 Å². The molecule has 15 heteroatoms. The molecule has 2 saturated heterocycles. The molecule has 22 atom stereocenters. The predicted octanol–water partition coefficient (Wildman–Crippen LogP) is -0.568. The van der Waals surface area contributed by atoms with Crippen LogP contribution in [0.4, 0.5) is 0 Å². The van der Waals surface area contributed by atoms with Gasteiger partial charge in [0, 0.05) is 25.4 Å². The van der Waals surface area contributed by atoms with Gasteiger partial charge in [-0.1, -0.05) is 46.8 Å². The SMILES string of the molecule is COC1C(OC2OCC(O)C(O)C2O)COC(OCCC(C=CC(C)C2C(O)C(O)C3C2(C)CCC2C4(C)CCC(O)C(O)C4C(O)CC23O)C(C)C)C1O. The van der Waals surface area contributed by atoms with Gasteiger partial charge in [0.25, 0.3) is 0 Å². The number of allylic oxidation sites excluding steroid dienone is 2. The Morgan fingerprint density at radius 1 is 0.727 bits per heavy atom. The van der Waals surface area contributed by atoms with E-state index in [4.69, 9.17) is 23.7 Å². The quantitative estimate of drug-likeness (QED) is 0.118. The molecular formula is C40H68O15. The molecule has 4 saturated carbocycles. The van der Waals surface area contributed by atoms with Crippen molar-refractivity contribution >= 4 is 0 Å². The Labute approximate surface area is 324 Å². The van der Waals surface area contributed by atoms with E-state index in [-0.39, 0.29) is 55.8 Å². The van der Waals surface area contributed by atoms with Crippen LogP contribution in [0.2, 0.25) is 0 Å². The molecule has 0 aromatic rings. The number of rotatable bonds is 11. The van der Waals surface area contributed by atoms with Crippen LogP contribution < -0.4 is 0 Å². The van der Waals surface area contributed by atoms with Gasteiger partial charge in [0.05, 0.1) is 55.9 Å². The monoisotopic (exact) mass is 788 g/mol. The highest BCUT2D eigenvalue weighted by Gasteiger charge is 2.73. The van der Waals surface area contributed by atoms with Crippen LogP contribution in [-0.4, -0.2) is 163 Å². The highest BCUT2D eigenvalue weighted by molar-refractivity contribution is 5.23. The molecule has 2 heterocycles. The summed E-state index contributed by atoms with van der Waals surface area (Å²) in [5.41, 5.74) is -2.75. The van der Waals surface area contributed by atoms with Crippen LogP contribution in [0.15, 0.2) is 12.2 Å². The summed E-state index contributed by atoms with van der Waals surface area (Å²) in [4.78, 5) is 0. The molecule has 318 valence electrons. The first-order chi connectivity index (χ1) is 25.8. The first-order valence-corrected chi connectivity index (χ1v) is 20.4. The zero-order valence-corrected chi connectivity index (χ0v) is 33.1. The van der Waals surface area contributed by atoms with Crippen molar-refractivity contribution in [2.75, 3.05) is 26.9 Å². The van der Waals surface area contributed by atoms with Gasteiger partial charge in [-0.3, -0.25) is 0 Å². The number of ether oxygens (including phenoxy) is 5. The second-order valence-electron chi connectivity index (χ2n) is 18.6. The maximum absolute atomic E-state index is 12.6. The molecule has 22 unspecified atom stereocenters. The molecule has 55 heavy (non-hydrogen) atoms. The van der Waals surface area contributed by atoms with Crippen LogP contribution in [0.3, 0.4) is 0 Å². The molecule has 6 fully saturated rings. The molecule has 0 amide bonds. The van der Waals surface area contributed by atoms with E-state index >= 15 is 0 Å². The van der Waals surface area contributed by atoms with E-state index in [0.717, 1.165) is 0 Å². The van der Waals surface area contributed by atoms with Gasteiger partial charge in [0.2, 0.25) is 0 Å². The van der Waals surface area contributed by atoms with Crippen molar-refractivity contribution in [3.8, 4) is 0 Å². The smallest absolute Gasteiger partial charge is 0.186 e. The summed E-state index contributed by atoms with van der Waals surface area (Å²) in [6.07, 6.45) is -7.96. The van der Waals surface area contributed by atoms with Crippen molar-refractivity contribution in [2.45, 2.75) is 158 Å². The lowest BCUT2D eigenvalue weighted by Crippen LogP contribution is -2.71. The fourth-order valence-corrected chi connectivity index (χ4v) is 12.3. The summed E-state index contributed by atoms with van der Waals surface area (Å²) >= 11 is 0. The van der Waals surface area contributed by atoms with E-state index < -0.39 is 108 Å². The highest BCUT2D eigenvalue weighted by atomic mass is 16.7. The Kier molecular flexibility index (Phi) is 13.2. The van der Waals surface area contributed by atoms with Gasteiger partial charge < -0.3 is 74.7 Å². The zero-order chi connectivity index (χ0) is 40.4. The fourth-order valence-electron chi connectivity index (χ4n) is 12.3. The van der Waals surface area contributed by atoms with Crippen molar-refractivity contribution in [1.82, 2.24) is 0 Å². The summed E-state index contributed by atoms with van der Waals surface area (Å²) < 4.78 is 28.4. The van der Waals surface area contributed by atoms with Gasteiger partial charge in [0.1, 0.15) is 36.6 Å². The first-order valence-electron chi connectivity index (χ1n) is 20.4. The lowest BCUT2D eigenvalue weighted by Gasteiger charge is -2.66. The average molecular weight is 789 g/mol. The third-order valence-electron chi connectivity index (χ3n) is 15.2. The van der Waals surface area contributed by atoms with E-state index in [1.165, 1.54) is 7.11 Å². The van der Waals surface area contributed by atoms with E-state index in [9.17, 15) is 51.1 Å². The summed E-state index contributed by atoms with van der Waals surface area (Å²) in [7, 11) is 1.40. The molecule has 4 aliphatic carbocycles. The second kappa shape index (κ2) is 16.7. The Balaban J connectivity index is 1.08. The third kappa shape index (κ3) is 7.61. The minimum absolute atomic E-state index is 0.0382. The van der Waals surface area contributed by atoms with Crippen molar-refractivity contribution < 1.29 is 74.7 Å². The van der Waals surface area contributed by atoms with Crippen LogP contribution in [-0.2, 0) is 23.7 Å². The van der Waals surface area contributed by atoms with Crippen molar-refractivity contribution in [3.63, 3.8) is 0 Å². The number of aliphatic hydroxyl groups excluding tert-OH is 9. The van der Waals surface area contributed by atoms with Crippen molar-refractivity contribution in [2.24, 2.45) is 52.3 Å². The first kappa shape index (κ1) is 43.7. The molecular weight excluding hydrogens is 720 g/mol. The van der Waals surface area contributed by atoms with E-state index in [2.05, 4.69) is 26.0 Å². The maximum atomic E-state index is 12.6. The summed E-state index contributed by atoms with van der Waals surface area (Å²) in [5.74, 6) is -1.89. The van der Waals surface area contributed by atoms with Crippen molar-refractivity contribution in [3.05, 3.63) is 12.2 Å². The van der Waals surface area contributed by atoms with Gasteiger partial charge in [-0.05, 0) is 72.5 Å². The molecule has 0 spiro atoms. The summed E-state index contributed by atoms with van der Waals surface area (Å²) in [5, 5.41) is 110. The van der Waals surface area contributed by atoms with E-state index in [1.807, 2.05) is 20.8 Å². The largest absolute Gasteiger partial charge is 0.393 e. The molecule has 0 bridgehead atoms. The van der Waals surface area contributed by atoms with Crippen LogP contribution in [0.25, 0.3) is 0 Å². The maximum Gasteiger partial charge on any atom is 0.186 e. The summed E-state index contributed by atoms with van der Waals surface area (Å²) in [6, 6.07) is 0. The Bertz CT molecular complexity index is 1320. The van der Waals surface area contributed by atoms with Crippen LogP contribution >= 0.6 is 0 Å². The van der Waals surface area contributed by atoms with E-state index in [1.54, 1.807) is 0 Å². The molecule has 0 aromatic carbocycles. The van der Waals surface area contributed by atoms with Crippen LogP contribution in [0, 0.1) is 52.3 Å². The zero-order valence-electron chi connectivity index (χ0n) is 33.1. The third-order valence-corrected chi connectivity index (χ3v) is 15.2. The number of aliphatic hydroxyl groups is 10. The van der Waals surface area contributed by atoms with Gasteiger partial charge in [-0.15, -0.1) is 0 Å². The molecule has 6 aliphatic rings. The van der Waals surface area contributed by atoms with Crippen molar-refractivity contribution in [1.29, 1.82) is 0 Å². The van der Waals surface area contributed by atoms with E-state index in [0.29, 0.717) is 32.1 Å². The number of hydrogen-bond donors (Lipinski definition) is 10. The molecule has 6 rings (SSSR count). The number of methoxy groups -OCH3 is 1. The molecule has 10 N–H and O–H groups in total. The Morgan fingerprint density at radius 2 is 1.40 bits per heavy atom. The van der Waals surface area contributed by atoms with Gasteiger partial charge in [-0.2, -0.15) is 0 Å². The molecule has 0 aromatic heterocycles. The topological polar surface area (TPSA) is 248 Å². The number of fused-ring (bicyclic) bond motifs is 5. The average Bonchev–Trinajstić information content (AvgIpc) is 3.33. The van der Waals surface area contributed by atoms with Crippen LogP contribution in [0.1, 0.15) is 73.1 Å². The minimum Gasteiger partial charge on any atom is -0.393 e. The standard InChI is InChI=1S/C40H68O15/c1-18(2)20(11-14-52-36-33(49)34(51-6)24(17-54-36)55-37-32(48)29(45)23(43)16-53-37)8-7-19(3)26-30(46)31(47)35-39(26,5)13-10-25-38(4)12-9-21(41)28(44)27(38)22(42)15-40(25,35)50/h7-8,18-37,41-50H,9-17H2,1-6H3. The highest BCUT2D eigenvalue weighted by Crippen LogP contribution is 2.69. The van der Waals surface area contributed by atoms with Gasteiger partial charge in [-0.25, -0.2) is 0 Å². The number of hydrogen-bond acceptors (Lipinski definition) is 15. The second-order valence-corrected chi connectivity index (χ2v) is 18.6. The molecule has 15 nitrogen and oxygen atoms in total. The minimum atomic E-state index is -1.50. The molecule has 0 radical (unpaired) electrons. The van der Waals surface area contributed by atoms with Gasteiger partial charge >= 0.3 is 0 Å². The molecule has 2 aliphatic heterocycles. The predicted molar refractivity (Wildman–Crippen MR) is 195 cm³/mol. The fraction of sp³-hybridized carbons (Fsp3) is 0.950. The lowest BCUT2D eigenvalue weighted by atomic mass is 9.41. The lowest BCUT2D eigenvalue weighted by molar-refractivity contribution is -0.330. The summed E-state index contributed by atoms with van der Waals surface area (Å²) in [6.45, 7) is 10.2.